The normalized spacial score (nSPS) is 12.8. The van der Waals surface area contributed by atoms with Crippen LogP contribution in [0.5, 0.6) is 5.75 Å². The first-order chi connectivity index (χ1) is 22.3. The van der Waals surface area contributed by atoms with Gasteiger partial charge in [0.1, 0.15) is 0 Å². The first kappa shape index (κ1) is 31.6. The van der Waals surface area contributed by atoms with Gasteiger partial charge in [0.2, 0.25) is 0 Å². The van der Waals surface area contributed by atoms with Crippen LogP contribution in [0.1, 0.15) is 48.8 Å². The van der Waals surface area contributed by atoms with Crippen LogP contribution in [0, 0.1) is 5.82 Å². The number of anilines is 2. The highest BCUT2D eigenvalue weighted by Gasteiger charge is 2.27. The van der Waals surface area contributed by atoms with Crippen LogP contribution in [0.25, 0.3) is 10.2 Å². The highest BCUT2D eigenvalue weighted by molar-refractivity contribution is 7.22. The number of esters is 1. The number of hydrogen-bond donors (Lipinski definition) is 1. The average molecular weight is 660 g/mol. The van der Waals surface area contributed by atoms with Crippen LogP contribution in [0.2, 0.25) is 0 Å². The summed E-state index contributed by atoms with van der Waals surface area (Å²) in [5.74, 6) is -0.908. The Morgan fingerprint density at radius 1 is 1.07 bits per heavy atom. The summed E-state index contributed by atoms with van der Waals surface area (Å²) in [5.41, 5.74) is 4.61. The second-order valence-corrected chi connectivity index (χ2v) is 13.4. The highest BCUT2D eigenvalue weighted by Crippen LogP contribution is 2.34. The van der Waals surface area contributed by atoms with E-state index in [-0.39, 0.29) is 24.0 Å². The van der Waals surface area contributed by atoms with E-state index in [9.17, 15) is 14.0 Å². The smallest absolute Gasteiger partial charge is 0.357 e. The Labute approximate surface area is 274 Å². The van der Waals surface area contributed by atoms with Gasteiger partial charge in [-0.1, -0.05) is 41.7 Å². The summed E-state index contributed by atoms with van der Waals surface area (Å²) in [6.07, 6.45) is 1.80. The van der Waals surface area contributed by atoms with Gasteiger partial charge in [-0.15, -0.1) is 11.3 Å². The zero-order valence-electron chi connectivity index (χ0n) is 25.8. The molecule has 9 nitrogen and oxygen atoms in total. The Morgan fingerprint density at radius 2 is 1.91 bits per heavy atom. The van der Waals surface area contributed by atoms with Gasteiger partial charge < -0.3 is 19.3 Å². The molecule has 5 aromatic rings. The largest absolute Gasteiger partial charge is 0.491 e. The minimum atomic E-state index is -0.505. The van der Waals surface area contributed by atoms with E-state index in [0.29, 0.717) is 48.3 Å². The number of benzene rings is 3. The van der Waals surface area contributed by atoms with E-state index in [1.54, 1.807) is 6.07 Å². The Balaban J connectivity index is 1.14. The predicted octanol–water partition coefficient (Wildman–Crippen LogP) is 6.57. The van der Waals surface area contributed by atoms with Crippen LogP contribution in [0.4, 0.5) is 14.7 Å². The van der Waals surface area contributed by atoms with Crippen LogP contribution in [0.3, 0.4) is 0 Å². The van der Waals surface area contributed by atoms with Crippen LogP contribution in [0.15, 0.2) is 60.7 Å². The lowest BCUT2D eigenvalue weighted by Gasteiger charge is -2.29. The summed E-state index contributed by atoms with van der Waals surface area (Å²) in [4.78, 5) is 40.2. The van der Waals surface area contributed by atoms with Crippen molar-refractivity contribution in [3.05, 3.63) is 99.3 Å². The van der Waals surface area contributed by atoms with Gasteiger partial charge in [0.25, 0.3) is 5.91 Å². The van der Waals surface area contributed by atoms with Crippen LogP contribution >= 0.6 is 22.7 Å². The van der Waals surface area contributed by atoms with Crippen LogP contribution < -0.4 is 15.0 Å². The fraction of sp³-hybridized carbons (Fsp3) is 0.294. The molecule has 0 spiro atoms. The Morgan fingerprint density at radius 3 is 2.70 bits per heavy atom. The van der Waals surface area contributed by atoms with Gasteiger partial charge in [0, 0.05) is 30.1 Å². The summed E-state index contributed by atoms with van der Waals surface area (Å²) >= 11 is 2.87. The summed E-state index contributed by atoms with van der Waals surface area (Å²) in [6, 6.07) is 18.6. The topological polar surface area (TPSA) is 96.9 Å². The van der Waals surface area contributed by atoms with Gasteiger partial charge in [0.05, 0.1) is 23.9 Å². The minimum Gasteiger partial charge on any atom is -0.491 e. The number of nitrogens with one attached hydrogen (secondary N) is 1. The minimum absolute atomic E-state index is 0.204. The quantitative estimate of drug-likeness (QED) is 0.126. The van der Waals surface area contributed by atoms with E-state index in [1.807, 2.05) is 67.5 Å². The highest BCUT2D eigenvalue weighted by atomic mass is 32.1. The molecule has 46 heavy (non-hydrogen) atoms. The number of methoxy groups -OCH3 is 1. The number of carbonyl (C=O) groups excluding carboxylic acids is 2. The zero-order valence-corrected chi connectivity index (χ0v) is 27.5. The monoisotopic (exact) mass is 659 g/mol. The molecule has 0 aliphatic carbocycles. The van der Waals surface area contributed by atoms with Gasteiger partial charge in [-0.05, 0) is 80.4 Å². The molecule has 0 unspecified atom stereocenters. The molecule has 12 heteroatoms. The average Bonchev–Trinajstić information content (AvgIpc) is 3.66. The van der Waals surface area contributed by atoms with Gasteiger partial charge in [-0.3, -0.25) is 10.1 Å². The van der Waals surface area contributed by atoms with Crippen molar-refractivity contribution in [2.75, 3.05) is 44.6 Å². The predicted molar refractivity (Wildman–Crippen MR) is 180 cm³/mol. The molecule has 3 aromatic carbocycles. The van der Waals surface area contributed by atoms with E-state index >= 15 is 0 Å². The second kappa shape index (κ2) is 13.9. The van der Waals surface area contributed by atoms with E-state index < -0.39 is 11.8 Å². The molecule has 0 saturated carbocycles. The maximum atomic E-state index is 14.6. The van der Waals surface area contributed by atoms with Crippen LogP contribution in [-0.2, 0) is 30.7 Å². The van der Waals surface area contributed by atoms with Crippen molar-refractivity contribution in [3.8, 4) is 5.75 Å². The maximum absolute atomic E-state index is 14.6. The molecule has 1 N–H and O–H groups in total. The van der Waals surface area contributed by atoms with Crippen molar-refractivity contribution in [2.24, 2.45) is 0 Å². The fourth-order valence-corrected chi connectivity index (χ4v) is 7.46. The zero-order chi connectivity index (χ0) is 32.2. The third-order valence-corrected chi connectivity index (χ3v) is 9.80. The number of aromatic nitrogens is 2. The lowest BCUT2D eigenvalue weighted by molar-refractivity contribution is 0.0593. The molecular formula is C34H34FN5O4S2. The summed E-state index contributed by atoms with van der Waals surface area (Å²) in [5, 5.41) is 4.22. The van der Waals surface area contributed by atoms with E-state index in [1.165, 1.54) is 35.8 Å². The molecular weight excluding hydrogens is 626 g/mol. The first-order valence-electron chi connectivity index (χ1n) is 15.0. The SMILES string of the molecule is COC(=O)c1nc(N2CCc3cccc(C(=O)Nc4nc5ccccc5s4)c3C2)sc1CCCOc1ccc(CN(C)C)cc1F. The van der Waals surface area contributed by atoms with Crippen molar-refractivity contribution in [1.29, 1.82) is 0 Å². The maximum Gasteiger partial charge on any atom is 0.357 e. The number of ether oxygens (including phenoxy) is 2. The molecule has 1 amide bonds. The van der Waals surface area contributed by atoms with E-state index in [0.717, 1.165) is 38.2 Å². The molecule has 0 bridgehead atoms. The summed E-state index contributed by atoms with van der Waals surface area (Å²) in [7, 11) is 5.20. The number of aryl methyl sites for hydroxylation is 1. The number of fused-ring (bicyclic) bond motifs is 2. The van der Waals surface area contributed by atoms with Crippen molar-refractivity contribution in [1.82, 2.24) is 14.9 Å². The number of halogens is 1. The van der Waals surface area contributed by atoms with Crippen molar-refractivity contribution in [3.63, 3.8) is 0 Å². The lowest BCUT2D eigenvalue weighted by atomic mass is 9.94. The number of thiazole rings is 2. The molecule has 1 aliphatic heterocycles. The van der Waals surface area contributed by atoms with Crippen molar-refractivity contribution < 1.29 is 23.5 Å². The Kier molecular flexibility index (Phi) is 9.57. The standard InChI is InChI=1S/C34H34FN5O4S2/c1-39(2)19-21-13-14-27(25(35)18-21)44-17-7-12-29-30(32(42)43-3)37-34(46-29)40-16-15-22-8-6-9-23(24(22)20-40)31(41)38-33-36-26-10-4-5-11-28(26)45-33/h4-6,8-11,13-14,18H,7,12,15-17,19-20H2,1-3H3,(H,36,38,41). The first-order valence-corrected chi connectivity index (χ1v) is 16.6. The molecule has 238 valence electrons. The van der Waals surface area contributed by atoms with Gasteiger partial charge >= 0.3 is 5.97 Å². The molecule has 0 radical (unpaired) electrons. The van der Waals surface area contributed by atoms with Gasteiger partial charge in [-0.25, -0.2) is 19.2 Å². The third-order valence-electron chi connectivity index (χ3n) is 7.67. The fourth-order valence-electron chi connectivity index (χ4n) is 5.49. The van der Waals surface area contributed by atoms with Gasteiger partial charge in [0.15, 0.2) is 27.5 Å². The van der Waals surface area contributed by atoms with Crippen molar-refractivity contribution in [2.45, 2.75) is 32.4 Å². The molecule has 0 atom stereocenters. The molecule has 0 fully saturated rings. The number of hydrogen-bond acceptors (Lipinski definition) is 10. The number of para-hydroxylation sites is 1. The van der Waals surface area contributed by atoms with E-state index in [2.05, 4.69) is 20.2 Å². The van der Waals surface area contributed by atoms with Crippen LogP contribution in [-0.4, -0.2) is 61.1 Å². The number of rotatable bonds is 11. The number of nitrogens with zero attached hydrogens (tertiary/aromatic N) is 4. The molecule has 2 aromatic heterocycles. The molecule has 6 rings (SSSR count). The summed E-state index contributed by atoms with van der Waals surface area (Å²) < 4.78 is 26.3. The van der Waals surface area contributed by atoms with E-state index in [4.69, 9.17) is 9.47 Å². The second-order valence-electron chi connectivity index (χ2n) is 11.3. The third kappa shape index (κ3) is 7.04. The van der Waals surface area contributed by atoms with Gasteiger partial charge in [-0.2, -0.15) is 0 Å². The number of amides is 1. The lowest BCUT2D eigenvalue weighted by Crippen LogP contribution is -2.32. The summed E-state index contributed by atoms with van der Waals surface area (Å²) in [6.45, 7) is 2.08. The Hall–Kier alpha value is -4.39. The molecule has 3 heterocycles. The molecule has 1 aliphatic rings. The van der Waals surface area contributed by atoms with Crippen molar-refractivity contribution >= 4 is 55.0 Å². The Bertz CT molecular complexity index is 1860. The molecule has 0 saturated heterocycles. The number of carbonyl (C=O) groups is 2.